The summed E-state index contributed by atoms with van der Waals surface area (Å²) in [6.07, 6.45) is 1.61. The first-order chi connectivity index (χ1) is 15.4. The molecule has 2 aromatic rings. The summed E-state index contributed by atoms with van der Waals surface area (Å²) in [5, 5.41) is 0. The van der Waals surface area contributed by atoms with E-state index in [1.165, 1.54) is 5.56 Å². The predicted molar refractivity (Wildman–Crippen MR) is 131 cm³/mol. The van der Waals surface area contributed by atoms with Gasteiger partial charge >= 0.3 is 5.97 Å². The van der Waals surface area contributed by atoms with Crippen LogP contribution >= 0.6 is 0 Å². The van der Waals surface area contributed by atoms with E-state index in [1.807, 2.05) is 32.9 Å². The van der Waals surface area contributed by atoms with Crippen molar-refractivity contribution in [3.05, 3.63) is 58.1 Å². The molecule has 0 unspecified atom stereocenters. The van der Waals surface area contributed by atoms with Gasteiger partial charge in [0.1, 0.15) is 5.60 Å². The minimum absolute atomic E-state index is 0.228. The van der Waals surface area contributed by atoms with Gasteiger partial charge in [0.25, 0.3) is 0 Å². The fraction of sp³-hybridized carbons (Fsp3) is 0.500. The molecule has 0 saturated carbocycles. The molecule has 0 bridgehead atoms. The monoisotopic (exact) mass is 449 g/mol. The van der Waals surface area contributed by atoms with Crippen molar-refractivity contribution < 1.29 is 19.0 Å². The number of hydrogen-bond acceptors (Lipinski definition) is 5. The summed E-state index contributed by atoms with van der Waals surface area (Å²) >= 11 is 0. The maximum Gasteiger partial charge on any atom is 0.315 e. The smallest absolute Gasteiger partial charge is 0.315 e. The first kappa shape index (κ1) is 23.3. The van der Waals surface area contributed by atoms with Gasteiger partial charge in [-0.3, -0.25) is 9.79 Å². The lowest BCUT2D eigenvalue weighted by atomic mass is 9.79. The number of carbonyl (C=O) groups excluding carboxylic acids is 1. The molecule has 0 N–H and O–H groups in total. The Morgan fingerprint density at radius 1 is 1.15 bits per heavy atom. The van der Waals surface area contributed by atoms with Crippen molar-refractivity contribution in [2.45, 2.75) is 77.9 Å². The maximum absolute atomic E-state index is 12.7. The van der Waals surface area contributed by atoms with Crippen LogP contribution in [0.2, 0.25) is 0 Å². The molecule has 2 aliphatic rings. The van der Waals surface area contributed by atoms with Gasteiger partial charge in [-0.05, 0) is 78.1 Å². The van der Waals surface area contributed by atoms with Crippen LogP contribution in [0.1, 0.15) is 76.3 Å². The lowest BCUT2D eigenvalue weighted by Crippen LogP contribution is -2.32. The molecule has 33 heavy (non-hydrogen) atoms. The number of nitrogens with zero attached hydrogens (tertiary/aromatic N) is 1. The quantitative estimate of drug-likeness (QED) is 0.572. The first-order valence-corrected chi connectivity index (χ1v) is 11.7. The van der Waals surface area contributed by atoms with Crippen molar-refractivity contribution in [3.8, 4) is 11.5 Å². The number of benzene rings is 2. The molecular weight excluding hydrogens is 414 g/mol. The highest BCUT2D eigenvalue weighted by atomic mass is 16.5. The second-order valence-electron chi connectivity index (χ2n) is 10.8. The van der Waals surface area contributed by atoms with Gasteiger partial charge in [0, 0.05) is 23.1 Å². The standard InChI is InChI=1S/C28H35NO4/c1-9-32-25(30)28(6,7)19-12-10-11-17(13-19)23-22-18(15-26(2,3)29-23)14-21(31-8)24-20(22)16-27(4,5)33-24/h10-14H,9,15-16H2,1-8H3. The van der Waals surface area contributed by atoms with Crippen LogP contribution in [0.4, 0.5) is 0 Å². The van der Waals surface area contributed by atoms with E-state index in [9.17, 15) is 4.79 Å². The summed E-state index contributed by atoms with van der Waals surface area (Å²) in [5.41, 5.74) is 5.04. The van der Waals surface area contributed by atoms with Gasteiger partial charge in [-0.2, -0.15) is 0 Å². The highest BCUT2D eigenvalue weighted by molar-refractivity contribution is 6.16. The minimum atomic E-state index is -0.757. The minimum Gasteiger partial charge on any atom is -0.493 e. The number of ether oxygens (including phenoxy) is 3. The summed E-state index contributed by atoms with van der Waals surface area (Å²) in [6, 6.07) is 10.3. The van der Waals surface area contributed by atoms with Crippen LogP contribution in [-0.4, -0.2) is 36.5 Å². The molecule has 0 saturated heterocycles. The van der Waals surface area contributed by atoms with Crippen LogP contribution in [0.15, 0.2) is 35.3 Å². The Morgan fingerprint density at radius 2 is 1.88 bits per heavy atom. The number of aliphatic imine (C=N–C) groups is 1. The summed E-state index contributed by atoms with van der Waals surface area (Å²) < 4.78 is 17.4. The molecule has 0 atom stereocenters. The third-order valence-electron chi connectivity index (χ3n) is 6.54. The molecule has 176 valence electrons. The SMILES string of the molecule is CCOC(=O)C(C)(C)c1cccc(C2=NC(C)(C)Cc3cc(OC)c4c(c32)CC(C)(C)O4)c1. The van der Waals surface area contributed by atoms with Crippen molar-refractivity contribution in [3.63, 3.8) is 0 Å². The number of rotatable bonds is 5. The van der Waals surface area contributed by atoms with Gasteiger partial charge < -0.3 is 14.2 Å². The molecular formula is C28H35NO4. The van der Waals surface area contributed by atoms with Gasteiger partial charge in [0.15, 0.2) is 11.5 Å². The third-order valence-corrected chi connectivity index (χ3v) is 6.54. The molecule has 2 aromatic carbocycles. The van der Waals surface area contributed by atoms with Crippen LogP contribution < -0.4 is 9.47 Å². The summed E-state index contributed by atoms with van der Waals surface area (Å²) in [6.45, 7) is 14.5. The van der Waals surface area contributed by atoms with Gasteiger partial charge in [-0.25, -0.2) is 0 Å². The van der Waals surface area contributed by atoms with E-state index in [0.29, 0.717) is 6.61 Å². The fourth-order valence-corrected chi connectivity index (χ4v) is 4.91. The third kappa shape index (κ3) is 4.14. The fourth-order valence-electron chi connectivity index (χ4n) is 4.91. The largest absolute Gasteiger partial charge is 0.493 e. The molecule has 0 spiro atoms. The Hall–Kier alpha value is -2.82. The molecule has 0 aromatic heterocycles. The highest BCUT2D eigenvalue weighted by Crippen LogP contribution is 2.48. The number of methoxy groups -OCH3 is 1. The van der Waals surface area contributed by atoms with Crippen LogP contribution in [-0.2, 0) is 27.8 Å². The van der Waals surface area contributed by atoms with Crippen LogP contribution in [0.3, 0.4) is 0 Å². The number of esters is 1. The van der Waals surface area contributed by atoms with Crippen LogP contribution in [0, 0.1) is 0 Å². The van der Waals surface area contributed by atoms with Crippen molar-refractivity contribution in [1.29, 1.82) is 0 Å². The molecule has 2 heterocycles. The lowest BCUT2D eigenvalue weighted by molar-refractivity contribution is -0.148. The van der Waals surface area contributed by atoms with Gasteiger partial charge in [0.2, 0.25) is 0 Å². The van der Waals surface area contributed by atoms with Gasteiger partial charge in [-0.1, -0.05) is 18.2 Å². The van der Waals surface area contributed by atoms with Gasteiger partial charge in [-0.15, -0.1) is 0 Å². The zero-order valence-electron chi connectivity index (χ0n) is 21.1. The molecule has 0 aliphatic carbocycles. The molecule has 2 aliphatic heterocycles. The number of fused-ring (bicyclic) bond motifs is 3. The maximum atomic E-state index is 12.7. The van der Waals surface area contributed by atoms with Crippen LogP contribution in [0.5, 0.6) is 11.5 Å². The zero-order valence-corrected chi connectivity index (χ0v) is 21.1. The van der Waals surface area contributed by atoms with E-state index in [2.05, 4.69) is 45.9 Å². The number of carbonyl (C=O) groups is 1. The van der Waals surface area contributed by atoms with Crippen molar-refractivity contribution in [1.82, 2.24) is 0 Å². The Morgan fingerprint density at radius 3 is 2.55 bits per heavy atom. The van der Waals surface area contributed by atoms with Crippen molar-refractivity contribution >= 4 is 11.7 Å². The van der Waals surface area contributed by atoms with E-state index < -0.39 is 5.41 Å². The molecule has 4 rings (SSSR count). The average molecular weight is 450 g/mol. The average Bonchev–Trinajstić information content (AvgIpc) is 3.06. The highest BCUT2D eigenvalue weighted by Gasteiger charge is 2.40. The van der Waals surface area contributed by atoms with E-state index in [4.69, 9.17) is 19.2 Å². The first-order valence-electron chi connectivity index (χ1n) is 11.7. The van der Waals surface area contributed by atoms with Gasteiger partial charge in [0.05, 0.1) is 30.4 Å². The topological polar surface area (TPSA) is 57.1 Å². The molecule has 0 fully saturated rings. The van der Waals surface area contributed by atoms with E-state index in [1.54, 1.807) is 7.11 Å². The second-order valence-corrected chi connectivity index (χ2v) is 10.8. The lowest BCUT2D eigenvalue weighted by Gasteiger charge is -2.31. The van der Waals surface area contributed by atoms with Crippen molar-refractivity contribution in [2.24, 2.45) is 4.99 Å². The second kappa shape index (κ2) is 7.89. The molecule has 0 radical (unpaired) electrons. The normalized spacial score (nSPS) is 18.0. The summed E-state index contributed by atoms with van der Waals surface area (Å²) in [7, 11) is 1.70. The summed E-state index contributed by atoms with van der Waals surface area (Å²) in [5.74, 6) is 1.37. The zero-order chi connectivity index (χ0) is 24.2. The Balaban J connectivity index is 1.90. The Labute approximate surface area is 197 Å². The predicted octanol–water partition coefficient (Wildman–Crippen LogP) is 5.42. The van der Waals surface area contributed by atoms with E-state index >= 15 is 0 Å². The van der Waals surface area contributed by atoms with Crippen molar-refractivity contribution in [2.75, 3.05) is 13.7 Å². The van der Waals surface area contributed by atoms with Crippen LogP contribution in [0.25, 0.3) is 0 Å². The summed E-state index contributed by atoms with van der Waals surface area (Å²) in [4.78, 5) is 17.9. The Bertz CT molecular complexity index is 1140. The molecule has 0 amide bonds. The number of hydrogen-bond donors (Lipinski definition) is 0. The Kier molecular flexibility index (Phi) is 5.58. The van der Waals surface area contributed by atoms with E-state index in [-0.39, 0.29) is 17.1 Å². The van der Waals surface area contributed by atoms with E-state index in [0.717, 1.165) is 52.3 Å². The molecule has 5 heteroatoms. The molecule has 5 nitrogen and oxygen atoms in total.